The van der Waals surface area contributed by atoms with E-state index in [0.29, 0.717) is 0 Å². The van der Waals surface area contributed by atoms with Crippen LogP contribution in [0.5, 0.6) is 0 Å². The Morgan fingerprint density at radius 2 is 1.58 bits per heavy atom. The summed E-state index contributed by atoms with van der Waals surface area (Å²) in [6.45, 7) is 12.0. The molecule has 0 atom stereocenters. The first-order valence-corrected chi connectivity index (χ1v) is 7.27. The summed E-state index contributed by atoms with van der Waals surface area (Å²) in [6, 6.07) is 7.83. The Balaban J connectivity index is 2.50. The van der Waals surface area contributed by atoms with Crippen LogP contribution in [0.15, 0.2) is 24.3 Å². The van der Waals surface area contributed by atoms with Gasteiger partial charge in [0.2, 0.25) is 0 Å². The molecule has 106 valence electrons. The normalized spacial score (nSPS) is 10.7. The van der Waals surface area contributed by atoms with Crippen molar-refractivity contribution in [2.45, 2.75) is 27.2 Å². The SMILES string of the molecule is CCN(CC)CCCN(CC)c1ccc(C=O)cc1. The van der Waals surface area contributed by atoms with Gasteiger partial charge in [0, 0.05) is 24.3 Å². The van der Waals surface area contributed by atoms with Gasteiger partial charge in [-0.05, 0) is 57.2 Å². The molecule has 1 aromatic carbocycles. The topological polar surface area (TPSA) is 23.6 Å². The predicted molar refractivity (Wildman–Crippen MR) is 82.1 cm³/mol. The Kier molecular flexibility index (Phi) is 7.19. The molecule has 0 aromatic heterocycles. The van der Waals surface area contributed by atoms with Crippen molar-refractivity contribution in [3.63, 3.8) is 0 Å². The van der Waals surface area contributed by atoms with E-state index in [1.165, 1.54) is 12.1 Å². The predicted octanol–water partition coefficient (Wildman–Crippen LogP) is 3.06. The van der Waals surface area contributed by atoms with Gasteiger partial charge >= 0.3 is 0 Å². The van der Waals surface area contributed by atoms with Crippen LogP contribution in [0.1, 0.15) is 37.6 Å². The second-order valence-corrected chi connectivity index (χ2v) is 4.67. The van der Waals surface area contributed by atoms with Crippen molar-refractivity contribution in [1.29, 1.82) is 0 Å². The summed E-state index contributed by atoms with van der Waals surface area (Å²) in [4.78, 5) is 15.5. The minimum atomic E-state index is 0.739. The number of benzene rings is 1. The minimum absolute atomic E-state index is 0.739. The highest BCUT2D eigenvalue weighted by Crippen LogP contribution is 2.14. The number of nitrogens with zero attached hydrogens (tertiary/aromatic N) is 2. The quantitative estimate of drug-likeness (QED) is 0.639. The van der Waals surface area contributed by atoms with Crippen LogP contribution >= 0.6 is 0 Å². The second-order valence-electron chi connectivity index (χ2n) is 4.67. The highest BCUT2D eigenvalue weighted by atomic mass is 16.1. The van der Waals surface area contributed by atoms with E-state index in [4.69, 9.17) is 0 Å². The molecule has 0 aliphatic rings. The van der Waals surface area contributed by atoms with Gasteiger partial charge in [0.1, 0.15) is 6.29 Å². The van der Waals surface area contributed by atoms with E-state index in [2.05, 4.69) is 30.6 Å². The number of aldehydes is 1. The third kappa shape index (κ3) is 5.03. The zero-order chi connectivity index (χ0) is 14.1. The molecule has 0 aliphatic carbocycles. The monoisotopic (exact) mass is 262 g/mol. The van der Waals surface area contributed by atoms with E-state index < -0.39 is 0 Å². The molecule has 0 aliphatic heterocycles. The smallest absolute Gasteiger partial charge is 0.150 e. The summed E-state index contributed by atoms with van der Waals surface area (Å²) in [5.41, 5.74) is 1.94. The number of carbonyl (C=O) groups is 1. The maximum atomic E-state index is 10.7. The second kappa shape index (κ2) is 8.70. The molecule has 3 heteroatoms. The van der Waals surface area contributed by atoms with Crippen molar-refractivity contribution >= 4 is 12.0 Å². The van der Waals surface area contributed by atoms with Gasteiger partial charge in [0.05, 0.1) is 0 Å². The lowest BCUT2D eigenvalue weighted by Crippen LogP contribution is -2.29. The summed E-state index contributed by atoms with van der Waals surface area (Å²) >= 11 is 0. The molecule has 0 saturated carbocycles. The van der Waals surface area contributed by atoms with Gasteiger partial charge in [-0.25, -0.2) is 0 Å². The fourth-order valence-corrected chi connectivity index (χ4v) is 2.26. The summed E-state index contributed by atoms with van der Waals surface area (Å²) in [5, 5.41) is 0. The molecular weight excluding hydrogens is 236 g/mol. The molecule has 0 bridgehead atoms. The van der Waals surface area contributed by atoms with Crippen LogP contribution < -0.4 is 4.90 Å². The van der Waals surface area contributed by atoms with E-state index in [-0.39, 0.29) is 0 Å². The van der Waals surface area contributed by atoms with Crippen molar-refractivity contribution in [3.8, 4) is 0 Å². The van der Waals surface area contributed by atoms with Crippen molar-refractivity contribution in [1.82, 2.24) is 4.90 Å². The van der Waals surface area contributed by atoms with E-state index in [1.54, 1.807) is 0 Å². The number of carbonyl (C=O) groups excluding carboxylic acids is 1. The summed E-state index contributed by atoms with van der Waals surface area (Å²) in [5.74, 6) is 0. The average molecular weight is 262 g/mol. The van der Waals surface area contributed by atoms with Crippen LogP contribution in [0.4, 0.5) is 5.69 Å². The number of hydrogen-bond acceptors (Lipinski definition) is 3. The van der Waals surface area contributed by atoms with Crippen molar-refractivity contribution in [2.24, 2.45) is 0 Å². The largest absolute Gasteiger partial charge is 0.372 e. The maximum absolute atomic E-state index is 10.7. The zero-order valence-corrected chi connectivity index (χ0v) is 12.4. The van der Waals surface area contributed by atoms with E-state index in [0.717, 1.165) is 44.6 Å². The van der Waals surface area contributed by atoms with Crippen molar-refractivity contribution < 1.29 is 4.79 Å². The van der Waals surface area contributed by atoms with Crippen LogP contribution in [0.3, 0.4) is 0 Å². The molecule has 0 N–H and O–H groups in total. The standard InChI is InChI=1S/C16H26N2O/c1-4-17(5-2)12-7-13-18(6-3)16-10-8-15(14-19)9-11-16/h8-11,14H,4-7,12-13H2,1-3H3. The average Bonchev–Trinajstić information content (AvgIpc) is 2.48. The zero-order valence-electron chi connectivity index (χ0n) is 12.4. The fourth-order valence-electron chi connectivity index (χ4n) is 2.26. The first kappa shape index (κ1) is 15.7. The first-order chi connectivity index (χ1) is 9.24. The van der Waals surface area contributed by atoms with Gasteiger partial charge in [0.15, 0.2) is 0 Å². The first-order valence-electron chi connectivity index (χ1n) is 7.27. The molecule has 0 radical (unpaired) electrons. The van der Waals surface area contributed by atoms with E-state index >= 15 is 0 Å². The lowest BCUT2D eigenvalue weighted by atomic mass is 10.2. The highest BCUT2D eigenvalue weighted by molar-refractivity contribution is 5.75. The van der Waals surface area contributed by atoms with Crippen LogP contribution in [0, 0.1) is 0 Å². The van der Waals surface area contributed by atoms with Gasteiger partial charge in [-0.3, -0.25) is 4.79 Å². The van der Waals surface area contributed by atoms with Gasteiger partial charge in [-0.1, -0.05) is 13.8 Å². The third-order valence-electron chi connectivity index (χ3n) is 3.57. The maximum Gasteiger partial charge on any atom is 0.150 e. The summed E-state index contributed by atoms with van der Waals surface area (Å²) < 4.78 is 0. The van der Waals surface area contributed by atoms with Gasteiger partial charge in [-0.15, -0.1) is 0 Å². The molecule has 0 unspecified atom stereocenters. The summed E-state index contributed by atoms with van der Waals surface area (Å²) in [7, 11) is 0. The van der Waals surface area contributed by atoms with E-state index in [9.17, 15) is 4.79 Å². The molecule has 0 heterocycles. The molecule has 3 nitrogen and oxygen atoms in total. The Bertz CT molecular complexity index is 358. The lowest BCUT2D eigenvalue weighted by Gasteiger charge is -2.25. The lowest BCUT2D eigenvalue weighted by molar-refractivity contribution is 0.112. The number of anilines is 1. The van der Waals surface area contributed by atoms with E-state index in [1.807, 2.05) is 24.3 Å². The molecule has 0 amide bonds. The van der Waals surface area contributed by atoms with Crippen LogP contribution in [-0.4, -0.2) is 43.9 Å². The number of rotatable bonds is 9. The molecular formula is C16H26N2O. The highest BCUT2D eigenvalue weighted by Gasteiger charge is 2.05. The Labute approximate surface area is 117 Å². The number of hydrogen-bond donors (Lipinski definition) is 0. The molecule has 0 spiro atoms. The molecule has 0 saturated heterocycles. The molecule has 19 heavy (non-hydrogen) atoms. The molecule has 1 rings (SSSR count). The third-order valence-corrected chi connectivity index (χ3v) is 3.57. The molecule has 0 fully saturated rings. The van der Waals surface area contributed by atoms with Gasteiger partial charge in [0.25, 0.3) is 0 Å². The molecule has 1 aromatic rings. The van der Waals surface area contributed by atoms with Crippen molar-refractivity contribution in [3.05, 3.63) is 29.8 Å². The van der Waals surface area contributed by atoms with Crippen molar-refractivity contribution in [2.75, 3.05) is 37.6 Å². The Morgan fingerprint density at radius 1 is 0.947 bits per heavy atom. The minimum Gasteiger partial charge on any atom is -0.372 e. The van der Waals surface area contributed by atoms with Crippen LogP contribution in [0.2, 0.25) is 0 Å². The Hall–Kier alpha value is -1.35. The van der Waals surface area contributed by atoms with Gasteiger partial charge < -0.3 is 9.80 Å². The van der Waals surface area contributed by atoms with Crippen LogP contribution in [-0.2, 0) is 0 Å². The Morgan fingerprint density at radius 3 is 2.05 bits per heavy atom. The van der Waals surface area contributed by atoms with Crippen LogP contribution in [0.25, 0.3) is 0 Å². The fraction of sp³-hybridized carbons (Fsp3) is 0.562. The summed E-state index contributed by atoms with van der Waals surface area (Å²) in [6.07, 6.45) is 2.06. The van der Waals surface area contributed by atoms with Gasteiger partial charge in [-0.2, -0.15) is 0 Å².